The monoisotopic (exact) mass is 667 g/mol. The molecule has 5 aromatic rings. The smallest absolute Gasteiger partial charge is 0.0645 e. The summed E-state index contributed by atoms with van der Waals surface area (Å²) in [6.07, 6.45) is 30.8. The molecule has 10 rings (SSSR count). The van der Waals surface area contributed by atoms with Gasteiger partial charge in [-0.05, 0) is 82.9 Å². The van der Waals surface area contributed by atoms with E-state index in [2.05, 4.69) is 168 Å². The first-order valence-corrected chi connectivity index (χ1v) is 19.4. The van der Waals surface area contributed by atoms with Crippen LogP contribution < -0.4 is 0 Å². The van der Waals surface area contributed by atoms with E-state index in [9.17, 15) is 0 Å². The lowest BCUT2D eigenvalue weighted by molar-refractivity contribution is 0.255. The summed E-state index contributed by atoms with van der Waals surface area (Å²) in [6.45, 7) is 0. The molecule has 0 amide bonds. The highest BCUT2D eigenvalue weighted by atomic mass is 32.2. The van der Waals surface area contributed by atoms with Crippen molar-refractivity contribution in [2.24, 2.45) is 0 Å². The van der Waals surface area contributed by atoms with Gasteiger partial charge in [0.1, 0.15) is 0 Å². The molecule has 0 spiro atoms. The zero-order valence-electron chi connectivity index (χ0n) is 27.3. The van der Waals surface area contributed by atoms with Crippen LogP contribution >= 0.6 is 23.1 Å². The Balaban J connectivity index is 1.02. The van der Waals surface area contributed by atoms with Crippen molar-refractivity contribution in [2.75, 3.05) is 0 Å². The van der Waals surface area contributed by atoms with Crippen molar-refractivity contribution in [2.45, 2.75) is 53.8 Å². The van der Waals surface area contributed by atoms with Crippen LogP contribution in [0.4, 0.5) is 0 Å². The molecule has 238 valence electrons. The number of hydrogen-bond acceptors (Lipinski definition) is 3. The van der Waals surface area contributed by atoms with Crippen LogP contribution in [0.15, 0.2) is 156 Å². The average molecular weight is 668 g/mol. The number of benzene rings is 4. The third kappa shape index (κ3) is 4.97. The van der Waals surface area contributed by atoms with Crippen LogP contribution in [0.1, 0.15) is 53.0 Å². The fourth-order valence-corrected chi connectivity index (χ4v) is 11.3. The van der Waals surface area contributed by atoms with Gasteiger partial charge in [-0.15, -0.1) is 23.1 Å². The number of allylic oxidation sites excluding steroid dienone is 9. The fourth-order valence-electron chi connectivity index (χ4n) is 8.64. The van der Waals surface area contributed by atoms with E-state index in [1.807, 2.05) is 11.3 Å². The van der Waals surface area contributed by atoms with E-state index in [1.165, 1.54) is 69.7 Å². The van der Waals surface area contributed by atoms with E-state index >= 15 is 0 Å². The van der Waals surface area contributed by atoms with Gasteiger partial charge in [0.25, 0.3) is 0 Å². The van der Waals surface area contributed by atoms with Crippen molar-refractivity contribution >= 4 is 60.5 Å². The maximum atomic E-state index is 2.76. The lowest BCUT2D eigenvalue weighted by atomic mass is 9.85. The SMILES string of the molecule is C1=C[C@@H](N(C2=CCC(c3cccc4sc5ccccc5c34)C=C2)C2C=Cc3ccccc3C2)C2Sc3c(C4=CCCC=C4)cccc3C2=C1. The highest BCUT2D eigenvalue weighted by Gasteiger charge is 2.41. The van der Waals surface area contributed by atoms with Gasteiger partial charge in [-0.2, -0.15) is 0 Å². The Morgan fingerprint density at radius 3 is 2.51 bits per heavy atom. The third-order valence-corrected chi connectivity index (χ3v) is 13.5. The van der Waals surface area contributed by atoms with Crippen molar-refractivity contribution in [3.05, 3.63) is 179 Å². The molecule has 5 aliphatic rings. The molecule has 0 bridgehead atoms. The number of hydrogen-bond donors (Lipinski definition) is 0. The average Bonchev–Trinajstić information content (AvgIpc) is 3.75. The largest absolute Gasteiger partial charge is 0.357 e. The van der Waals surface area contributed by atoms with E-state index < -0.39 is 0 Å². The summed E-state index contributed by atoms with van der Waals surface area (Å²) in [4.78, 5) is 4.20. The zero-order valence-corrected chi connectivity index (χ0v) is 29.0. The molecule has 4 aromatic carbocycles. The van der Waals surface area contributed by atoms with E-state index in [1.54, 1.807) is 0 Å². The first-order valence-electron chi connectivity index (χ1n) is 17.7. The molecule has 2 heterocycles. The van der Waals surface area contributed by atoms with Crippen LogP contribution in [0.3, 0.4) is 0 Å². The fraction of sp³-hybridized carbons (Fsp3) is 0.174. The van der Waals surface area contributed by atoms with Gasteiger partial charge in [-0.3, -0.25) is 0 Å². The minimum atomic E-state index is 0.234. The van der Waals surface area contributed by atoms with E-state index in [0.717, 1.165) is 25.7 Å². The summed E-state index contributed by atoms with van der Waals surface area (Å²) in [5.41, 5.74) is 11.2. The van der Waals surface area contributed by atoms with Gasteiger partial charge in [0.15, 0.2) is 0 Å². The maximum absolute atomic E-state index is 2.76. The number of thioether (sulfide) groups is 1. The second-order valence-corrected chi connectivity index (χ2v) is 16.0. The van der Waals surface area contributed by atoms with Gasteiger partial charge in [-0.1, -0.05) is 134 Å². The molecule has 1 aliphatic heterocycles. The maximum Gasteiger partial charge on any atom is 0.0645 e. The molecule has 4 aliphatic carbocycles. The van der Waals surface area contributed by atoms with Gasteiger partial charge in [-0.25, -0.2) is 0 Å². The van der Waals surface area contributed by atoms with E-state index in [-0.39, 0.29) is 12.1 Å². The van der Waals surface area contributed by atoms with Gasteiger partial charge >= 0.3 is 0 Å². The Hall–Kier alpha value is -4.57. The Morgan fingerprint density at radius 2 is 1.59 bits per heavy atom. The van der Waals surface area contributed by atoms with Gasteiger partial charge < -0.3 is 4.90 Å². The van der Waals surface area contributed by atoms with Crippen LogP contribution in [0, 0.1) is 0 Å². The summed E-state index contributed by atoms with van der Waals surface area (Å²) in [5.74, 6) is 0.358. The van der Waals surface area contributed by atoms with Crippen LogP contribution in [0.25, 0.3) is 37.4 Å². The molecule has 1 nitrogen and oxygen atoms in total. The summed E-state index contributed by atoms with van der Waals surface area (Å²) in [5, 5.41) is 3.15. The van der Waals surface area contributed by atoms with Crippen LogP contribution in [0.2, 0.25) is 0 Å². The quantitative estimate of drug-likeness (QED) is 0.183. The minimum absolute atomic E-state index is 0.234. The second-order valence-electron chi connectivity index (χ2n) is 13.7. The third-order valence-electron chi connectivity index (χ3n) is 11.0. The van der Waals surface area contributed by atoms with Gasteiger partial charge in [0, 0.05) is 36.7 Å². The van der Waals surface area contributed by atoms with Crippen molar-refractivity contribution in [3.63, 3.8) is 0 Å². The lowest BCUT2D eigenvalue weighted by Gasteiger charge is -2.44. The Morgan fingerprint density at radius 1 is 0.714 bits per heavy atom. The molecule has 0 N–H and O–H groups in total. The highest BCUT2D eigenvalue weighted by molar-refractivity contribution is 8.01. The molecule has 0 saturated carbocycles. The van der Waals surface area contributed by atoms with Crippen LogP contribution in [-0.4, -0.2) is 22.2 Å². The Bertz CT molecular complexity index is 2360. The number of rotatable bonds is 5. The van der Waals surface area contributed by atoms with E-state index in [0.29, 0.717) is 11.2 Å². The molecule has 0 saturated heterocycles. The zero-order chi connectivity index (χ0) is 32.3. The second kappa shape index (κ2) is 12.1. The molecule has 3 heteroatoms. The molecule has 0 fully saturated rings. The number of fused-ring (bicyclic) bond motifs is 7. The predicted octanol–water partition coefficient (Wildman–Crippen LogP) is 12.2. The Labute approximate surface area is 297 Å². The molecular weight excluding hydrogens is 631 g/mol. The number of nitrogens with zero attached hydrogens (tertiary/aromatic N) is 1. The number of thiophene rings is 1. The predicted molar refractivity (Wildman–Crippen MR) is 212 cm³/mol. The molecule has 49 heavy (non-hydrogen) atoms. The van der Waals surface area contributed by atoms with Gasteiger partial charge in [0.05, 0.1) is 17.3 Å². The molecule has 1 aromatic heterocycles. The Kier molecular flexibility index (Phi) is 7.24. The molecule has 3 unspecified atom stereocenters. The van der Waals surface area contributed by atoms with Crippen molar-refractivity contribution in [1.29, 1.82) is 0 Å². The summed E-state index contributed by atoms with van der Waals surface area (Å²) >= 11 is 3.99. The normalized spacial score (nSPS) is 23.6. The van der Waals surface area contributed by atoms with Crippen molar-refractivity contribution in [3.8, 4) is 0 Å². The summed E-state index contributed by atoms with van der Waals surface area (Å²) < 4.78 is 2.76. The molecule has 0 radical (unpaired) electrons. The van der Waals surface area contributed by atoms with Gasteiger partial charge in [0.2, 0.25) is 0 Å². The van der Waals surface area contributed by atoms with Crippen molar-refractivity contribution in [1.82, 2.24) is 4.90 Å². The van der Waals surface area contributed by atoms with Crippen LogP contribution in [0.5, 0.6) is 0 Å². The first kappa shape index (κ1) is 29.4. The molecular formula is C46H37NS2. The first-order chi connectivity index (χ1) is 24.3. The highest BCUT2D eigenvalue weighted by Crippen LogP contribution is 2.53. The lowest BCUT2D eigenvalue weighted by Crippen LogP contribution is -2.47. The van der Waals surface area contributed by atoms with Crippen molar-refractivity contribution < 1.29 is 0 Å². The topological polar surface area (TPSA) is 3.24 Å². The minimum Gasteiger partial charge on any atom is -0.357 e. The van der Waals surface area contributed by atoms with E-state index in [4.69, 9.17) is 0 Å². The molecule has 4 atom stereocenters. The summed E-state index contributed by atoms with van der Waals surface area (Å²) in [6, 6.07) is 32.2. The standard InChI is InChI=1S/C46H37NS2/c1-2-12-31(13-3-1)37-17-8-18-38-39-19-9-20-41(46(39)49-45(37)38)47(35-28-23-30-11-4-5-14-33(30)29-35)34-26-24-32(25-27-34)36-16-10-22-43-44(36)40-15-6-7-21-42(40)48-43/h2,4-24,26-28,32,35,41,46H,1,3,25,29H2/t32?,35?,41-,46?/m1/s1. The summed E-state index contributed by atoms with van der Waals surface area (Å²) in [7, 11) is 0. The van der Waals surface area contributed by atoms with Crippen LogP contribution in [-0.2, 0) is 6.42 Å².